The van der Waals surface area contributed by atoms with E-state index in [4.69, 9.17) is 17.3 Å². The molecule has 3 N–H and O–H groups in total. The molecular weight excluding hydrogens is 255 g/mol. The van der Waals surface area contributed by atoms with E-state index >= 15 is 0 Å². The minimum absolute atomic E-state index is 0.201. The second-order valence-electron chi connectivity index (χ2n) is 3.37. The maximum absolute atomic E-state index is 12.9. The molecule has 0 spiro atoms. The Morgan fingerprint density at radius 1 is 1.44 bits per heavy atom. The molecule has 1 aromatic carbocycles. The first kappa shape index (κ1) is 14.0. The van der Waals surface area contributed by atoms with Crippen LogP contribution in [0.15, 0.2) is 59.9 Å². The fourth-order valence-electron chi connectivity index (χ4n) is 1.15. The standard InChI is InChI=1S/C13H12ClFN2O/c1-9(14)5-6-12(8-16)17-13(18)10-3-2-4-11(15)7-10/h2-8H,1,16H2,(H,17,18)/b6-5-,12-8+. The third-order valence-electron chi connectivity index (χ3n) is 1.97. The van der Waals surface area contributed by atoms with Gasteiger partial charge in [0.1, 0.15) is 5.82 Å². The lowest BCUT2D eigenvalue weighted by Crippen LogP contribution is -2.22. The predicted molar refractivity (Wildman–Crippen MR) is 70.3 cm³/mol. The molecule has 0 fully saturated rings. The van der Waals surface area contributed by atoms with Crippen molar-refractivity contribution in [2.75, 3.05) is 0 Å². The lowest BCUT2D eigenvalue weighted by molar-refractivity contribution is 0.0966. The highest BCUT2D eigenvalue weighted by atomic mass is 35.5. The topological polar surface area (TPSA) is 55.1 Å². The molecule has 0 saturated carbocycles. The Bertz CT molecular complexity index is 523. The Hall–Kier alpha value is -2.07. The fraction of sp³-hybridized carbons (Fsp3) is 0. The van der Waals surface area contributed by atoms with Crippen LogP contribution in [0.25, 0.3) is 0 Å². The summed E-state index contributed by atoms with van der Waals surface area (Å²) in [6.07, 6.45) is 4.17. The van der Waals surface area contributed by atoms with Gasteiger partial charge in [0.25, 0.3) is 5.91 Å². The quantitative estimate of drug-likeness (QED) is 0.823. The van der Waals surface area contributed by atoms with E-state index < -0.39 is 11.7 Å². The molecule has 0 saturated heterocycles. The summed E-state index contributed by atoms with van der Waals surface area (Å²) in [4.78, 5) is 11.7. The van der Waals surface area contributed by atoms with Crippen molar-refractivity contribution in [3.8, 4) is 0 Å². The van der Waals surface area contributed by atoms with Crippen LogP contribution in [0, 0.1) is 5.82 Å². The Labute approximate surface area is 109 Å². The van der Waals surface area contributed by atoms with Crippen LogP contribution in [-0.2, 0) is 0 Å². The van der Waals surface area contributed by atoms with Crippen LogP contribution in [0.1, 0.15) is 10.4 Å². The molecule has 0 bridgehead atoms. The van der Waals surface area contributed by atoms with Gasteiger partial charge in [-0.3, -0.25) is 4.79 Å². The zero-order valence-corrected chi connectivity index (χ0v) is 10.2. The molecule has 1 aromatic rings. The van der Waals surface area contributed by atoms with Crippen molar-refractivity contribution < 1.29 is 9.18 Å². The van der Waals surface area contributed by atoms with Crippen LogP contribution >= 0.6 is 11.6 Å². The number of nitrogens with one attached hydrogen (secondary N) is 1. The van der Waals surface area contributed by atoms with E-state index in [0.29, 0.717) is 10.7 Å². The number of hydrogen-bond donors (Lipinski definition) is 2. The van der Waals surface area contributed by atoms with Gasteiger partial charge in [-0.15, -0.1) is 0 Å². The Balaban J connectivity index is 2.78. The predicted octanol–water partition coefficient (Wildman–Crippen LogP) is 2.66. The fourth-order valence-corrected chi connectivity index (χ4v) is 1.22. The van der Waals surface area contributed by atoms with Crippen LogP contribution in [0.5, 0.6) is 0 Å². The molecule has 0 aliphatic rings. The second kappa shape index (κ2) is 6.61. The van der Waals surface area contributed by atoms with Crippen molar-refractivity contribution in [3.63, 3.8) is 0 Å². The average molecular weight is 267 g/mol. The molecule has 0 unspecified atom stereocenters. The molecule has 1 amide bonds. The maximum atomic E-state index is 12.9. The zero-order valence-electron chi connectivity index (χ0n) is 9.49. The monoisotopic (exact) mass is 266 g/mol. The van der Waals surface area contributed by atoms with E-state index in [0.717, 1.165) is 6.07 Å². The molecule has 0 aromatic heterocycles. The van der Waals surface area contributed by atoms with E-state index in [1.165, 1.54) is 36.6 Å². The summed E-state index contributed by atoms with van der Waals surface area (Å²) in [5.41, 5.74) is 5.88. The Morgan fingerprint density at radius 2 is 2.17 bits per heavy atom. The number of amides is 1. The van der Waals surface area contributed by atoms with E-state index in [-0.39, 0.29) is 5.56 Å². The minimum atomic E-state index is -0.481. The van der Waals surface area contributed by atoms with E-state index in [1.807, 2.05) is 0 Å². The first-order valence-electron chi connectivity index (χ1n) is 5.04. The van der Waals surface area contributed by atoms with Gasteiger partial charge in [0.05, 0.1) is 5.70 Å². The summed E-state index contributed by atoms with van der Waals surface area (Å²) >= 11 is 5.54. The van der Waals surface area contributed by atoms with Crippen molar-refractivity contribution in [1.82, 2.24) is 5.32 Å². The van der Waals surface area contributed by atoms with E-state index in [9.17, 15) is 9.18 Å². The van der Waals surface area contributed by atoms with Gasteiger partial charge >= 0.3 is 0 Å². The second-order valence-corrected chi connectivity index (χ2v) is 3.85. The molecule has 0 aliphatic carbocycles. The number of hydrogen-bond acceptors (Lipinski definition) is 2. The SMILES string of the molecule is C=C(Cl)/C=C\C(=C/N)NC(=O)c1cccc(F)c1. The van der Waals surface area contributed by atoms with Gasteiger partial charge in [-0.2, -0.15) is 0 Å². The molecule has 0 heterocycles. The Morgan fingerprint density at radius 3 is 2.72 bits per heavy atom. The smallest absolute Gasteiger partial charge is 0.255 e. The summed E-state index contributed by atoms with van der Waals surface area (Å²) in [5.74, 6) is -0.943. The molecule has 0 atom stereocenters. The third-order valence-corrected chi connectivity index (χ3v) is 2.09. The van der Waals surface area contributed by atoms with Gasteiger partial charge in [0.15, 0.2) is 0 Å². The van der Waals surface area contributed by atoms with Gasteiger partial charge in [0.2, 0.25) is 0 Å². The normalized spacial score (nSPS) is 11.6. The molecule has 0 aliphatic heterocycles. The number of benzene rings is 1. The van der Waals surface area contributed by atoms with Crippen LogP contribution in [0.3, 0.4) is 0 Å². The van der Waals surface area contributed by atoms with Gasteiger partial charge in [-0.05, 0) is 30.4 Å². The Kier molecular flexibility index (Phi) is 5.14. The average Bonchev–Trinajstić information content (AvgIpc) is 2.34. The zero-order chi connectivity index (χ0) is 13.5. The molecule has 1 rings (SSSR count). The third kappa shape index (κ3) is 4.43. The summed E-state index contributed by atoms with van der Waals surface area (Å²) in [6, 6.07) is 5.34. The number of nitrogens with two attached hydrogens (primary N) is 1. The van der Waals surface area contributed by atoms with Gasteiger partial charge in [0, 0.05) is 16.8 Å². The summed E-state index contributed by atoms with van der Waals surface area (Å²) in [5, 5.41) is 2.81. The van der Waals surface area contributed by atoms with Crippen molar-refractivity contribution in [3.05, 3.63) is 71.3 Å². The maximum Gasteiger partial charge on any atom is 0.255 e. The van der Waals surface area contributed by atoms with E-state index in [2.05, 4.69) is 11.9 Å². The van der Waals surface area contributed by atoms with Gasteiger partial charge in [-0.1, -0.05) is 24.2 Å². The lowest BCUT2D eigenvalue weighted by atomic mass is 10.2. The first-order chi connectivity index (χ1) is 8.52. The van der Waals surface area contributed by atoms with Crippen molar-refractivity contribution in [1.29, 1.82) is 0 Å². The number of carbonyl (C=O) groups is 1. The molecule has 18 heavy (non-hydrogen) atoms. The largest absolute Gasteiger partial charge is 0.403 e. The number of rotatable bonds is 4. The van der Waals surface area contributed by atoms with Crippen LogP contribution in [-0.4, -0.2) is 5.91 Å². The number of halogens is 2. The summed E-state index contributed by atoms with van der Waals surface area (Å²) in [7, 11) is 0. The van der Waals surface area contributed by atoms with Crippen molar-refractivity contribution in [2.45, 2.75) is 0 Å². The van der Waals surface area contributed by atoms with Crippen molar-refractivity contribution >= 4 is 17.5 Å². The van der Waals surface area contributed by atoms with E-state index in [1.54, 1.807) is 0 Å². The summed E-state index contributed by atoms with van der Waals surface area (Å²) < 4.78 is 12.9. The van der Waals surface area contributed by atoms with Crippen LogP contribution in [0.4, 0.5) is 4.39 Å². The summed E-state index contributed by atoms with van der Waals surface area (Å²) in [6.45, 7) is 3.46. The van der Waals surface area contributed by atoms with Gasteiger partial charge in [-0.25, -0.2) is 4.39 Å². The first-order valence-corrected chi connectivity index (χ1v) is 5.42. The highest BCUT2D eigenvalue weighted by molar-refractivity contribution is 6.30. The van der Waals surface area contributed by atoms with Crippen molar-refractivity contribution in [2.24, 2.45) is 5.73 Å². The highest BCUT2D eigenvalue weighted by Gasteiger charge is 2.06. The number of allylic oxidation sites excluding steroid dienone is 3. The van der Waals surface area contributed by atoms with Gasteiger partial charge < -0.3 is 11.1 Å². The molecular formula is C13H12ClFN2O. The lowest BCUT2D eigenvalue weighted by Gasteiger charge is -2.05. The van der Waals surface area contributed by atoms with Crippen LogP contribution < -0.4 is 11.1 Å². The number of carbonyl (C=O) groups excluding carboxylic acids is 1. The minimum Gasteiger partial charge on any atom is -0.403 e. The molecule has 5 heteroatoms. The highest BCUT2D eigenvalue weighted by Crippen LogP contribution is 2.05. The van der Waals surface area contributed by atoms with Crippen LogP contribution in [0.2, 0.25) is 0 Å². The molecule has 3 nitrogen and oxygen atoms in total. The molecule has 0 radical (unpaired) electrons. The molecule has 94 valence electrons.